The van der Waals surface area contributed by atoms with E-state index >= 15 is 0 Å². The summed E-state index contributed by atoms with van der Waals surface area (Å²) in [6.45, 7) is 3.24. The van der Waals surface area contributed by atoms with Gasteiger partial charge in [-0.15, -0.1) is 12.4 Å². The number of rotatable bonds is 3. The molecule has 1 saturated carbocycles. The molecule has 0 spiro atoms. The van der Waals surface area contributed by atoms with Crippen molar-refractivity contribution in [2.45, 2.75) is 63.8 Å². The summed E-state index contributed by atoms with van der Waals surface area (Å²) in [5.74, 6) is 1.92. The molecule has 0 aromatic rings. The van der Waals surface area contributed by atoms with Crippen LogP contribution in [0.25, 0.3) is 0 Å². The molecule has 3 fully saturated rings. The molecule has 1 amide bonds. The van der Waals surface area contributed by atoms with Crippen LogP contribution >= 0.6 is 12.4 Å². The van der Waals surface area contributed by atoms with Gasteiger partial charge in [0.25, 0.3) is 0 Å². The smallest absolute Gasteiger partial charge is 0.223 e. The van der Waals surface area contributed by atoms with Crippen LogP contribution in [0.2, 0.25) is 0 Å². The van der Waals surface area contributed by atoms with Crippen molar-refractivity contribution in [1.82, 2.24) is 10.2 Å². The second kappa shape index (κ2) is 7.65. The van der Waals surface area contributed by atoms with E-state index in [2.05, 4.69) is 10.2 Å². The number of nitrogens with one attached hydrogen (secondary N) is 1. The zero-order valence-corrected chi connectivity index (χ0v) is 13.3. The number of likely N-dealkylation sites (tertiary alicyclic amines) is 1. The SMILES string of the molecule is Cl.O=C(CC1CCNCC1)N1CCCC1C1CCCC1. The Morgan fingerprint density at radius 1 is 1.00 bits per heavy atom. The molecule has 2 aliphatic heterocycles. The molecule has 0 bridgehead atoms. The molecule has 0 radical (unpaired) electrons. The van der Waals surface area contributed by atoms with Crippen molar-refractivity contribution in [2.75, 3.05) is 19.6 Å². The predicted octanol–water partition coefficient (Wildman–Crippen LogP) is 2.98. The van der Waals surface area contributed by atoms with Gasteiger partial charge in [0.1, 0.15) is 0 Å². The molecular formula is C16H29ClN2O. The van der Waals surface area contributed by atoms with Crippen LogP contribution < -0.4 is 5.32 Å². The standard InChI is InChI=1S/C16H28N2O.ClH/c19-16(12-13-7-9-17-10-8-13)18-11-3-6-15(18)14-4-1-2-5-14;/h13-15,17H,1-12H2;1H. The average Bonchev–Trinajstić information content (AvgIpc) is 3.10. The third kappa shape index (κ3) is 3.67. The minimum Gasteiger partial charge on any atom is -0.339 e. The van der Waals surface area contributed by atoms with Gasteiger partial charge in [-0.3, -0.25) is 4.79 Å². The van der Waals surface area contributed by atoms with Crippen molar-refractivity contribution in [2.24, 2.45) is 11.8 Å². The number of amides is 1. The topological polar surface area (TPSA) is 32.3 Å². The Bertz CT molecular complexity index is 312. The first kappa shape index (κ1) is 16.1. The Morgan fingerprint density at radius 2 is 1.70 bits per heavy atom. The van der Waals surface area contributed by atoms with Crippen molar-refractivity contribution in [3.63, 3.8) is 0 Å². The van der Waals surface area contributed by atoms with Crippen molar-refractivity contribution in [3.05, 3.63) is 0 Å². The van der Waals surface area contributed by atoms with Crippen LogP contribution in [0.15, 0.2) is 0 Å². The Labute approximate surface area is 129 Å². The summed E-state index contributed by atoms with van der Waals surface area (Å²) in [7, 11) is 0. The van der Waals surface area contributed by atoms with Gasteiger partial charge >= 0.3 is 0 Å². The lowest BCUT2D eigenvalue weighted by atomic mass is 9.92. The van der Waals surface area contributed by atoms with Crippen LogP contribution in [0.4, 0.5) is 0 Å². The molecule has 3 aliphatic rings. The number of hydrogen-bond donors (Lipinski definition) is 1. The fourth-order valence-corrected chi connectivity index (χ4v) is 4.38. The molecule has 0 aromatic heterocycles. The maximum absolute atomic E-state index is 12.6. The molecule has 4 heteroatoms. The number of carbonyl (C=O) groups excluding carboxylic acids is 1. The highest BCUT2D eigenvalue weighted by atomic mass is 35.5. The molecule has 1 N–H and O–H groups in total. The van der Waals surface area contributed by atoms with Crippen molar-refractivity contribution in [1.29, 1.82) is 0 Å². The Hall–Kier alpha value is -0.280. The van der Waals surface area contributed by atoms with Crippen LogP contribution in [0.3, 0.4) is 0 Å². The zero-order chi connectivity index (χ0) is 13.1. The number of halogens is 1. The summed E-state index contributed by atoms with van der Waals surface area (Å²) in [6.07, 6.45) is 11.2. The van der Waals surface area contributed by atoms with Gasteiger partial charge in [0, 0.05) is 19.0 Å². The molecule has 20 heavy (non-hydrogen) atoms. The second-order valence-corrected chi connectivity index (χ2v) is 6.74. The molecule has 2 heterocycles. The van der Waals surface area contributed by atoms with Crippen LogP contribution in [-0.2, 0) is 4.79 Å². The van der Waals surface area contributed by atoms with Gasteiger partial charge in [0.05, 0.1) is 0 Å². The average molecular weight is 301 g/mol. The number of hydrogen-bond acceptors (Lipinski definition) is 2. The fraction of sp³-hybridized carbons (Fsp3) is 0.938. The van der Waals surface area contributed by atoms with E-state index < -0.39 is 0 Å². The first-order valence-electron chi connectivity index (χ1n) is 8.35. The number of piperidine rings is 1. The van der Waals surface area contributed by atoms with E-state index in [9.17, 15) is 4.79 Å². The summed E-state index contributed by atoms with van der Waals surface area (Å²) in [5, 5.41) is 3.39. The molecule has 0 aromatic carbocycles. The highest BCUT2D eigenvalue weighted by Crippen LogP contribution is 2.36. The summed E-state index contributed by atoms with van der Waals surface area (Å²) in [5.41, 5.74) is 0. The Balaban J connectivity index is 0.00000147. The number of nitrogens with zero attached hydrogens (tertiary/aromatic N) is 1. The van der Waals surface area contributed by atoms with E-state index in [1.165, 1.54) is 51.4 Å². The first-order chi connectivity index (χ1) is 9.34. The van der Waals surface area contributed by atoms with Gasteiger partial charge in [-0.25, -0.2) is 0 Å². The fourth-order valence-electron chi connectivity index (χ4n) is 4.38. The van der Waals surface area contributed by atoms with Crippen molar-refractivity contribution in [3.8, 4) is 0 Å². The molecule has 116 valence electrons. The highest BCUT2D eigenvalue weighted by Gasteiger charge is 2.36. The van der Waals surface area contributed by atoms with E-state index in [0.717, 1.165) is 32.0 Å². The van der Waals surface area contributed by atoms with Gasteiger partial charge in [-0.05, 0) is 63.5 Å². The van der Waals surface area contributed by atoms with Gasteiger partial charge < -0.3 is 10.2 Å². The molecule has 3 nitrogen and oxygen atoms in total. The van der Waals surface area contributed by atoms with Crippen LogP contribution in [0.5, 0.6) is 0 Å². The number of carbonyl (C=O) groups is 1. The van der Waals surface area contributed by atoms with Crippen molar-refractivity contribution >= 4 is 18.3 Å². The minimum absolute atomic E-state index is 0. The van der Waals surface area contributed by atoms with Crippen LogP contribution in [0.1, 0.15) is 57.8 Å². The highest BCUT2D eigenvalue weighted by molar-refractivity contribution is 5.85. The summed E-state index contributed by atoms with van der Waals surface area (Å²) in [4.78, 5) is 14.8. The largest absolute Gasteiger partial charge is 0.339 e. The lowest BCUT2D eigenvalue weighted by Crippen LogP contribution is -2.41. The van der Waals surface area contributed by atoms with Crippen molar-refractivity contribution < 1.29 is 4.79 Å². The maximum Gasteiger partial charge on any atom is 0.223 e. The summed E-state index contributed by atoms with van der Waals surface area (Å²) < 4.78 is 0. The Morgan fingerprint density at radius 3 is 2.40 bits per heavy atom. The van der Waals surface area contributed by atoms with Gasteiger partial charge in [0.2, 0.25) is 5.91 Å². The zero-order valence-electron chi connectivity index (χ0n) is 12.5. The van der Waals surface area contributed by atoms with Crippen LogP contribution in [0, 0.1) is 11.8 Å². The molecular weight excluding hydrogens is 272 g/mol. The molecule has 1 unspecified atom stereocenters. The molecule has 2 saturated heterocycles. The third-order valence-electron chi connectivity index (χ3n) is 5.49. The summed E-state index contributed by atoms with van der Waals surface area (Å²) >= 11 is 0. The van der Waals surface area contributed by atoms with E-state index in [1.54, 1.807) is 0 Å². The van der Waals surface area contributed by atoms with E-state index in [-0.39, 0.29) is 12.4 Å². The lowest BCUT2D eigenvalue weighted by molar-refractivity contribution is -0.134. The van der Waals surface area contributed by atoms with Gasteiger partial charge in [-0.2, -0.15) is 0 Å². The normalized spacial score (nSPS) is 28.6. The quantitative estimate of drug-likeness (QED) is 0.869. The van der Waals surface area contributed by atoms with Gasteiger partial charge in [0.15, 0.2) is 0 Å². The minimum atomic E-state index is 0. The van der Waals surface area contributed by atoms with Crippen LogP contribution in [-0.4, -0.2) is 36.5 Å². The predicted molar refractivity (Wildman–Crippen MR) is 84.2 cm³/mol. The molecule has 1 aliphatic carbocycles. The Kier molecular flexibility index (Phi) is 6.16. The lowest BCUT2D eigenvalue weighted by Gasteiger charge is -2.31. The molecule has 1 atom stereocenters. The van der Waals surface area contributed by atoms with E-state index in [1.807, 2.05) is 0 Å². The van der Waals surface area contributed by atoms with E-state index in [0.29, 0.717) is 17.9 Å². The molecule has 3 rings (SSSR count). The second-order valence-electron chi connectivity index (χ2n) is 6.74. The first-order valence-corrected chi connectivity index (χ1v) is 8.35. The maximum atomic E-state index is 12.6. The van der Waals surface area contributed by atoms with Gasteiger partial charge in [-0.1, -0.05) is 12.8 Å². The van der Waals surface area contributed by atoms with E-state index in [4.69, 9.17) is 0 Å². The third-order valence-corrected chi connectivity index (χ3v) is 5.49. The summed E-state index contributed by atoms with van der Waals surface area (Å²) in [6, 6.07) is 0.594. The monoisotopic (exact) mass is 300 g/mol.